The summed E-state index contributed by atoms with van der Waals surface area (Å²) in [6, 6.07) is 3.65. The molecule has 3 nitrogen and oxygen atoms in total. The van der Waals surface area contributed by atoms with Crippen LogP contribution < -0.4 is 0 Å². The Morgan fingerprint density at radius 3 is 3.08 bits per heavy atom. The Balaban J connectivity index is 2.50. The zero-order valence-electron chi connectivity index (χ0n) is 7.15. The molecule has 2 rings (SSSR count). The maximum atomic E-state index is 9.06. The number of furan rings is 1. The number of hydrogen-bond donors (Lipinski definition) is 1. The van der Waals surface area contributed by atoms with Gasteiger partial charge in [0, 0.05) is 0 Å². The Morgan fingerprint density at radius 1 is 1.62 bits per heavy atom. The Bertz CT molecular complexity index is 392. The van der Waals surface area contributed by atoms with E-state index in [1.807, 2.05) is 19.1 Å². The summed E-state index contributed by atoms with van der Waals surface area (Å²) in [4.78, 5) is 5.14. The first kappa shape index (κ1) is 8.47. The van der Waals surface area contributed by atoms with Crippen LogP contribution in [0.4, 0.5) is 0 Å². The summed E-state index contributed by atoms with van der Waals surface area (Å²) in [6.45, 7) is 1.93. The predicted octanol–water partition coefficient (Wildman–Crippen LogP) is 2.20. The van der Waals surface area contributed by atoms with Crippen molar-refractivity contribution in [2.75, 3.05) is 0 Å². The first-order valence-corrected chi connectivity index (χ1v) is 4.74. The molecule has 0 fully saturated rings. The van der Waals surface area contributed by atoms with Gasteiger partial charge in [0.1, 0.15) is 5.69 Å². The Morgan fingerprint density at radius 2 is 2.46 bits per heavy atom. The number of rotatable bonds is 2. The normalized spacial score (nSPS) is 10.6. The van der Waals surface area contributed by atoms with E-state index < -0.39 is 0 Å². The molecule has 2 heterocycles. The largest absolute Gasteiger partial charge is 0.463 e. The summed E-state index contributed by atoms with van der Waals surface area (Å²) >= 11 is 1.49. The monoisotopic (exact) mass is 195 g/mol. The van der Waals surface area contributed by atoms with Gasteiger partial charge in [-0.15, -0.1) is 11.3 Å². The highest BCUT2D eigenvalue weighted by Gasteiger charge is 2.11. The highest BCUT2D eigenvalue weighted by atomic mass is 32.1. The lowest BCUT2D eigenvalue weighted by Crippen LogP contribution is -1.82. The molecule has 0 spiro atoms. The fraction of sp³-hybridized carbons (Fsp3) is 0.222. The van der Waals surface area contributed by atoms with Gasteiger partial charge in [-0.2, -0.15) is 0 Å². The van der Waals surface area contributed by atoms with Gasteiger partial charge in [-0.25, -0.2) is 4.98 Å². The number of aliphatic hydroxyl groups is 1. The van der Waals surface area contributed by atoms with Gasteiger partial charge in [0.05, 0.1) is 22.8 Å². The molecule has 1 N–H and O–H groups in total. The molecule has 0 radical (unpaired) electrons. The second kappa shape index (κ2) is 3.32. The van der Waals surface area contributed by atoms with Crippen LogP contribution in [0.2, 0.25) is 0 Å². The topological polar surface area (TPSA) is 46.3 Å². The van der Waals surface area contributed by atoms with Crippen molar-refractivity contribution < 1.29 is 9.52 Å². The highest BCUT2D eigenvalue weighted by Crippen LogP contribution is 2.27. The van der Waals surface area contributed by atoms with E-state index in [4.69, 9.17) is 9.52 Å². The molecule has 68 valence electrons. The minimum Gasteiger partial charge on any atom is -0.463 e. The summed E-state index contributed by atoms with van der Waals surface area (Å²) < 4.78 is 5.21. The van der Waals surface area contributed by atoms with E-state index in [2.05, 4.69) is 4.98 Å². The highest BCUT2D eigenvalue weighted by molar-refractivity contribution is 7.12. The van der Waals surface area contributed by atoms with Gasteiger partial charge >= 0.3 is 0 Å². The summed E-state index contributed by atoms with van der Waals surface area (Å²) in [5.41, 5.74) is 0.759. The lowest BCUT2D eigenvalue weighted by Gasteiger charge is -1.92. The summed E-state index contributed by atoms with van der Waals surface area (Å²) in [7, 11) is 0. The van der Waals surface area contributed by atoms with E-state index in [0.29, 0.717) is 5.76 Å². The van der Waals surface area contributed by atoms with Crippen molar-refractivity contribution in [2.45, 2.75) is 13.5 Å². The van der Waals surface area contributed by atoms with E-state index in [1.165, 1.54) is 11.3 Å². The summed E-state index contributed by atoms with van der Waals surface area (Å²) in [5.74, 6) is 0.716. The number of nitrogens with zero attached hydrogens (tertiary/aromatic N) is 1. The van der Waals surface area contributed by atoms with Crippen LogP contribution in [0, 0.1) is 6.92 Å². The second-order valence-corrected chi connectivity index (χ2v) is 3.93. The maximum absolute atomic E-state index is 9.06. The van der Waals surface area contributed by atoms with Gasteiger partial charge in [0.25, 0.3) is 0 Å². The molecule has 0 unspecified atom stereocenters. The van der Waals surface area contributed by atoms with E-state index in [9.17, 15) is 0 Å². The quantitative estimate of drug-likeness (QED) is 0.799. The zero-order chi connectivity index (χ0) is 9.26. The van der Waals surface area contributed by atoms with Crippen molar-refractivity contribution in [1.29, 1.82) is 0 Å². The molecular weight excluding hydrogens is 186 g/mol. The van der Waals surface area contributed by atoms with Gasteiger partial charge in [-0.3, -0.25) is 0 Å². The molecule has 0 aromatic carbocycles. The van der Waals surface area contributed by atoms with Crippen LogP contribution in [0.5, 0.6) is 0 Å². The van der Waals surface area contributed by atoms with Crippen LogP contribution >= 0.6 is 11.3 Å². The molecule has 0 saturated carbocycles. The van der Waals surface area contributed by atoms with E-state index in [-0.39, 0.29) is 6.61 Å². The second-order valence-electron chi connectivity index (χ2n) is 2.64. The molecule has 4 heteroatoms. The van der Waals surface area contributed by atoms with Crippen molar-refractivity contribution in [1.82, 2.24) is 4.98 Å². The van der Waals surface area contributed by atoms with Crippen molar-refractivity contribution in [3.8, 4) is 11.5 Å². The Hall–Kier alpha value is -1.13. The maximum Gasteiger partial charge on any atom is 0.153 e. The fourth-order valence-corrected chi connectivity index (χ4v) is 1.98. The molecule has 0 aliphatic rings. The van der Waals surface area contributed by atoms with E-state index >= 15 is 0 Å². The molecule has 0 aliphatic heterocycles. The lowest BCUT2D eigenvalue weighted by atomic mass is 10.3. The smallest absolute Gasteiger partial charge is 0.153 e. The van der Waals surface area contributed by atoms with Crippen LogP contribution in [0.15, 0.2) is 22.8 Å². The fourth-order valence-electron chi connectivity index (χ4n) is 1.18. The van der Waals surface area contributed by atoms with Gasteiger partial charge in [-0.05, 0) is 19.1 Å². The Labute approximate surface area is 79.7 Å². The molecule has 0 aliphatic carbocycles. The van der Waals surface area contributed by atoms with E-state index in [1.54, 1.807) is 6.26 Å². The third-order valence-electron chi connectivity index (χ3n) is 1.70. The lowest BCUT2D eigenvalue weighted by molar-refractivity contribution is 0.285. The van der Waals surface area contributed by atoms with Crippen LogP contribution in [-0.4, -0.2) is 10.1 Å². The van der Waals surface area contributed by atoms with Gasteiger partial charge in [0.2, 0.25) is 0 Å². The van der Waals surface area contributed by atoms with Crippen LogP contribution in [-0.2, 0) is 6.61 Å². The van der Waals surface area contributed by atoms with Crippen molar-refractivity contribution in [2.24, 2.45) is 0 Å². The molecule has 2 aromatic rings. The number of thiazole rings is 1. The van der Waals surface area contributed by atoms with Gasteiger partial charge < -0.3 is 9.52 Å². The predicted molar refractivity (Wildman–Crippen MR) is 50.5 cm³/mol. The van der Waals surface area contributed by atoms with Gasteiger partial charge in [-0.1, -0.05) is 0 Å². The van der Waals surface area contributed by atoms with Crippen molar-refractivity contribution in [3.05, 3.63) is 28.3 Å². The molecule has 0 bridgehead atoms. The van der Waals surface area contributed by atoms with Crippen LogP contribution in [0.3, 0.4) is 0 Å². The number of aliphatic hydroxyl groups excluding tert-OH is 1. The molecular formula is C9H9NO2S. The molecule has 2 aromatic heterocycles. The van der Waals surface area contributed by atoms with E-state index in [0.717, 1.165) is 15.6 Å². The van der Waals surface area contributed by atoms with Crippen LogP contribution in [0.25, 0.3) is 11.5 Å². The first-order valence-electron chi connectivity index (χ1n) is 3.92. The minimum atomic E-state index is 0.0154. The molecule has 13 heavy (non-hydrogen) atoms. The Kier molecular flexibility index (Phi) is 2.16. The third-order valence-corrected chi connectivity index (χ3v) is 2.66. The summed E-state index contributed by atoms with van der Waals surface area (Å²) in [5, 5.41) is 10.00. The van der Waals surface area contributed by atoms with Crippen LogP contribution in [0.1, 0.15) is 9.88 Å². The summed E-state index contributed by atoms with van der Waals surface area (Å²) in [6.07, 6.45) is 1.60. The molecule has 0 atom stereocenters. The number of aromatic nitrogens is 1. The molecule has 0 saturated heterocycles. The first-order chi connectivity index (χ1) is 6.31. The van der Waals surface area contributed by atoms with Crippen molar-refractivity contribution >= 4 is 11.3 Å². The average molecular weight is 195 g/mol. The number of aryl methyl sites for hydroxylation is 1. The zero-order valence-corrected chi connectivity index (χ0v) is 7.97. The average Bonchev–Trinajstić information content (AvgIpc) is 2.71. The standard InChI is InChI=1S/C9H9NO2S/c1-6-10-9(8(5-11)13-6)7-3-2-4-12-7/h2-4,11H,5H2,1H3. The number of hydrogen-bond acceptors (Lipinski definition) is 4. The van der Waals surface area contributed by atoms with Gasteiger partial charge in [0.15, 0.2) is 5.76 Å². The SMILES string of the molecule is Cc1nc(-c2ccco2)c(CO)s1. The molecule has 0 amide bonds. The minimum absolute atomic E-state index is 0.0154. The van der Waals surface area contributed by atoms with Crippen molar-refractivity contribution in [3.63, 3.8) is 0 Å². The third kappa shape index (κ3) is 1.50.